The van der Waals surface area contributed by atoms with Gasteiger partial charge in [-0.05, 0) is 62.5 Å². The first-order valence-electron chi connectivity index (χ1n) is 19.8. The van der Waals surface area contributed by atoms with Gasteiger partial charge in [0.2, 0.25) is 11.8 Å². The van der Waals surface area contributed by atoms with E-state index in [-0.39, 0.29) is 46.8 Å². The Morgan fingerprint density at radius 3 is 1.72 bits per heavy atom. The Kier molecular flexibility index (Phi) is 12.4. The van der Waals surface area contributed by atoms with Gasteiger partial charge in [-0.15, -0.1) is 0 Å². The molecule has 4 atom stereocenters. The number of piperidine rings is 1. The molecule has 4 unspecified atom stereocenters. The Labute approximate surface area is 331 Å². The summed E-state index contributed by atoms with van der Waals surface area (Å²) in [5.41, 5.74) is 1.18. The average molecular weight is 796 g/mol. The normalized spacial score (nSPS) is 20.5. The zero-order valence-corrected chi connectivity index (χ0v) is 33.8. The highest BCUT2D eigenvalue weighted by Crippen LogP contribution is 2.40. The second-order valence-corrected chi connectivity index (χ2v) is 16.3. The van der Waals surface area contributed by atoms with Gasteiger partial charge in [-0.2, -0.15) is 0 Å². The second-order valence-electron chi connectivity index (χ2n) is 16.3. The summed E-state index contributed by atoms with van der Waals surface area (Å²) in [6, 6.07) is 0.433. The van der Waals surface area contributed by atoms with Crippen LogP contribution in [0.5, 0.6) is 0 Å². The number of ether oxygens (including phenoxy) is 2. The van der Waals surface area contributed by atoms with E-state index in [1.54, 1.807) is 20.9 Å². The molecule has 0 radical (unpaired) electrons. The van der Waals surface area contributed by atoms with Crippen LogP contribution in [0.25, 0.3) is 11.3 Å². The monoisotopic (exact) mass is 795 g/mol. The molecule has 6 rings (SSSR count). The van der Waals surface area contributed by atoms with E-state index in [1.807, 2.05) is 27.7 Å². The fraction of sp³-hybridized carbons (Fsp3) is 0.600. The van der Waals surface area contributed by atoms with Gasteiger partial charge in [-0.1, -0.05) is 34.6 Å². The number of aromatic nitrogens is 4. The van der Waals surface area contributed by atoms with Crippen LogP contribution in [0.4, 0.5) is 24.1 Å². The lowest BCUT2D eigenvalue weighted by Crippen LogP contribution is -2.51. The van der Waals surface area contributed by atoms with E-state index in [0.29, 0.717) is 68.3 Å². The van der Waals surface area contributed by atoms with Gasteiger partial charge in [0.15, 0.2) is 0 Å². The van der Waals surface area contributed by atoms with E-state index in [2.05, 4.69) is 32.5 Å². The van der Waals surface area contributed by atoms with Crippen molar-refractivity contribution in [2.24, 2.45) is 11.8 Å². The van der Waals surface area contributed by atoms with Crippen LogP contribution in [-0.4, -0.2) is 106 Å². The molecule has 3 fully saturated rings. The molecule has 0 aliphatic carbocycles. The van der Waals surface area contributed by atoms with Crippen LogP contribution in [-0.2, 0) is 24.5 Å². The number of amides is 4. The van der Waals surface area contributed by atoms with E-state index >= 15 is 8.78 Å². The van der Waals surface area contributed by atoms with Gasteiger partial charge in [-0.3, -0.25) is 9.59 Å². The number of hydrogen-bond acceptors (Lipinski definition) is 9. The maximum atomic E-state index is 15.9. The molecular formula is C40H55F2N9O6. The molecule has 3 saturated heterocycles. The van der Waals surface area contributed by atoms with Gasteiger partial charge in [0.05, 0.1) is 38.2 Å². The van der Waals surface area contributed by atoms with E-state index < -0.39 is 35.9 Å². The summed E-state index contributed by atoms with van der Waals surface area (Å²) < 4.78 is 41.2. The average Bonchev–Trinajstić information content (AvgIpc) is 4.02. The molecule has 4 N–H and O–H groups in total. The van der Waals surface area contributed by atoms with Crippen LogP contribution in [0.15, 0.2) is 24.5 Å². The molecular weight excluding hydrogens is 740 g/mol. The molecule has 0 spiro atoms. The van der Waals surface area contributed by atoms with Crippen molar-refractivity contribution in [2.45, 2.75) is 103 Å². The van der Waals surface area contributed by atoms with Gasteiger partial charge in [0, 0.05) is 49.0 Å². The number of hydrogen-bond donors (Lipinski definition) is 4. The molecule has 310 valence electrons. The van der Waals surface area contributed by atoms with E-state index in [9.17, 15) is 19.2 Å². The number of alkyl carbamates (subject to hydrolysis) is 2. The molecule has 0 saturated carbocycles. The molecule has 15 nitrogen and oxygen atoms in total. The number of benzene rings is 1. The summed E-state index contributed by atoms with van der Waals surface area (Å²) >= 11 is 0. The lowest BCUT2D eigenvalue weighted by atomic mass is 9.77. The Morgan fingerprint density at radius 1 is 0.772 bits per heavy atom. The lowest BCUT2D eigenvalue weighted by molar-refractivity contribution is -0.136. The predicted molar refractivity (Wildman–Crippen MR) is 207 cm³/mol. The summed E-state index contributed by atoms with van der Waals surface area (Å²) in [4.78, 5) is 72.1. The van der Waals surface area contributed by atoms with Crippen molar-refractivity contribution < 1.29 is 37.4 Å². The van der Waals surface area contributed by atoms with E-state index in [4.69, 9.17) is 14.5 Å². The molecule has 57 heavy (non-hydrogen) atoms. The highest BCUT2D eigenvalue weighted by atomic mass is 19.1. The van der Waals surface area contributed by atoms with Gasteiger partial charge < -0.3 is 44.8 Å². The minimum atomic E-state index is -0.783. The first-order valence-corrected chi connectivity index (χ1v) is 19.8. The van der Waals surface area contributed by atoms with Crippen molar-refractivity contribution in [3.8, 4) is 11.3 Å². The molecule has 0 bridgehead atoms. The van der Waals surface area contributed by atoms with Crippen molar-refractivity contribution in [3.05, 3.63) is 53.5 Å². The van der Waals surface area contributed by atoms with Crippen molar-refractivity contribution >= 4 is 29.7 Å². The highest BCUT2D eigenvalue weighted by Gasteiger charge is 2.41. The van der Waals surface area contributed by atoms with Crippen molar-refractivity contribution in [1.29, 1.82) is 0 Å². The van der Waals surface area contributed by atoms with Crippen LogP contribution >= 0.6 is 0 Å². The Morgan fingerprint density at radius 2 is 1.25 bits per heavy atom. The Bertz CT molecular complexity index is 1920. The number of nitrogens with one attached hydrogen (secondary N) is 4. The third kappa shape index (κ3) is 8.56. The van der Waals surface area contributed by atoms with Gasteiger partial charge in [0.1, 0.15) is 41.1 Å². The highest BCUT2D eigenvalue weighted by molar-refractivity contribution is 5.87. The number of imidazole rings is 2. The largest absolute Gasteiger partial charge is 0.453 e. The van der Waals surface area contributed by atoms with Crippen LogP contribution in [0.1, 0.15) is 103 Å². The molecule has 1 aromatic carbocycles. The topological polar surface area (TPSA) is 178 Å². The molecule has 3 aliphatic heterocycles. The fourth-order valence-corrected chi connectivity index (χ4v) is 8.37. The summed E-state index contributed by atoms with van der Waals surface area (Å²) in [7, 11) is 2.51. The van der Waals surface area contributed by atoms with Crippen LogP contribution < -0.4 is 15.5 Å². The quantitative estimate of drug-likeness (QED) is 0.189. The number of likely N-dealkylation sites (tertiary alicyclic amines) is 2. The first-order chi connectivity index (χ1) is 27.1. The molecule has 3 aliphatic rings. The standard InChI is InChI=1S/C40H55F2N9O6/c1-22(2)31(47-38(54)56-6)36(52)50-14-8-10-28(50)34-43-20-27(45-34)24-18-25(41)33(26(42)19-24)49-16-12-40(5,13-17-49)30-21-44-35(46-30)29-11-9-15-51(29)37(53)32(23(3)4)48-39(55)57-7/h18-23,28-29,31-32H,8-17H2,1-7H3,(H,43,45)(H,44,46)(H,47,54)(H,48,55). The predicted octanol–water partition coefficient (Wildman–Crippen LogP) is 5.72. The molecule has 5 heterocycles. The zero-order valence-electron chi connectivity index (χ0n) is 33.8. The third-order valence-electron chi connectivity index (χ3n) is 11.8. The number of rotatable bonds is 11. The van der Waals surface area contributed by atoms with E-state index in [1.165, 1.54) is 32.5 Å². The Hall–Kier alpha value is -5.22. The Balaban J connectivity index is 1.11. The van der Waals surface area contributed by atoms with Gasteiger partial charge >= 0.3 is 12.2 Å². The smallest absolute Gasteiger partial charge is 0.407 e. The molecule has 4 amide bonds. The van der Waals surface area contributed by atoms with Gasteiger partial charge in [-0.25, -0.2) is 28.3 Å². The maximum Gasteiger partial charge on any atom is 0.407 e. The summed E-state index contributed by atoms with van der Waals surface area (Å²) in [6.07, 6.45) is 6.10. The molecule has 17 heteroatoms. The van der Waals surface area contributed by atoms with Crippen molar-refractivity contribution in [3.63, 3.8) is 0 Å². The summed E-state index contributed by atoms with van der Waals surface area (Å²) in [6.45, 7) is 11.4. The van der Waals surface area contributed by atoms with E-state index in [0.717, 1.165) is 25.0 Å². The minimum absolute atomic E-state index is 0.0865. The van der Waals surface area contributed by atoms with Gasteiger partial charge in [0.25, 0.3) is 0 Å². The molecule has 2 aromatic heterocycles. The lowest BCUT2D eigenvalue weighted by Gasteiger charge is -2.40. The number of carbonyl (C=O) groups is 4. The third-order valence-corrected chi connectivity index (χ3v) is 11.8. The van der Waals surface area contributed by atoms with Crippen LogP contribution in [0, 0.1) is 23.5 Å². The number of methoxy groups -OCH3 is 2. The first kappa shape index (κ1) is 41.4. The number of anilines is 1. The fourth-order valence-electron chi connectivity index (χ4n) is 8.37. The molecule has 3 aromatic rings. The zero-order chi connectivity index (χ0) is 41.2. The summed E-state index contributed by atoms with van der Waals surface area (Å²) in [5, 5.41) is 5.30. The summed E-state index contributed by atoms with van der Waals surface area (Å²) in [5.74, 6) is -0.958. The number of nitrogens with zero attached hydrogens (tertiary/aromatic N) is 5. The minimum Gasteiger partial charge on any atom is -0.453 e. The number of halogens is 2. The van der Waals surface area contributed by atoms with Crippen molar-refractivity contribution in [1.82, 2.24) is 40.4 Å². The second kappa shape index (κ2) is 17.1. The van der Waals surface area contributed by atoms with Crippen LogP contribution in [0.2, 0.25) is 0 Å². The van der Waals surface area contributed by atoms with Crippen LogP contribution in [0.3, 0.4) is 0 Å². The number of carbonyl (C=O) groups excluding carboxylic acids is 4. The number of aromatic amines is 2. The number of H-pyrrole nitrogens is 2. The maximum absolute atomic E-state index is 15.9. The van der Waals surface area contributed by atoms with Crippen molar-refractivity contribution in [2.75, 3.05) is 45.3 Å². The SMILES string of the molecule is COC(=O)NC(C(=O)N1CCCC1c1ncc(-c2cc(F)c(N3CCC(C)(c4cnc(C5CCCN5C(=O)C(NC(=O)OC)C(C)C)[nH]4)CC3)c(F)c2)[nH]1)C(C)C.